The third-order valence-corrected chi connectivity index (χ3v) is 3.96. The molecule has 0 unspecified atom stereocenters. The fourth-order valence-electron chi connectivity index (χ4n) is 2.76. The second-order valence-electron chi connectivity index (χ2n) is 6.43. The lowest BCUT2D eigenvalue weighted by Crippen LogP contribution is -2.42. The SMILES string of the molecule is C=CCN(CCc1c(C)[nH]c2ccccc12)C(C)(C)C. The molecule has 0 aliphatic heterocycles. The normalized spacial score (nSPS) is 12.2. The van der Waals surface area contributed by atoms with Gasteiger partial charge in [-0.3, -0.25) is 4.90 Å². The van der Waals surface area contributed by atoms with Crippen molar-refractivity contribution in [3.63, 3.8) is 0 Å². The highest BCUT2D eigenvalue weighted by molar-refractivity contribution is 5.84. The number of aromatic amines is 1. The van der Waals surface area contributed by atoms with Gasteiger partial charge in [0.2, 0.25) is 0 Å². The Morgan fingerprint density at radius 2 is 1.95 bits per heavy atom. The first-order chi connectivity index (χ1) is 9.43. The van der Waals surface area contributed by atoms with E-state index in [9.17, 15) is 0 Å². The number of aryl methyl sites for hydroxylation is 1. The largest absolute Gasteiger partial charge is 0.358 e. The third-order valence-electron chi connectivity index (χ3n) is 3.96. The van der Waals surface area contributed by atoms with Crippen LogP contribution in [-0.2, 0) is 6.42 Å². The maximum atomic E-state index is 3.88. The molecule has 0 amide bonds. The molecule has 2 nitrogen and oxygen atoms in total. The van der Waals surface area contributed by atoms with E-state index in [0.29, 0.717) is 0 Å². The number of rotatable bonds is 5. The van der Waals surface area contributed by atoms with Gasteiger partial charge >= 0.3 is 0 Å². The molecule has 0 spiro atoms. The summed E-state index contributed by atoms with van der Waals surface area (Å²) in [5.41, 5.74) is 4.15. The minimum atomic E-state index is 0.175. The molecule has 1 N–H and O–H groups in total. The number of nitrogens with zero attached hydrogens (tertiary/aromatic N) is 1. The van der Waals surface area contributed by atoms with E-state index in [1.807, 2.05) is 6.08 Å². The molecule has 0 saturated heterocycles. The zero-order chi connectivity index (χ0) is 14.8. The first kappa shape index (κ1) is 14.9. The van der Waals surface area contributed by atoms with Crippen LogP contribution in [0, 0.1) is 6.92 Å². The molecule has 1 aromatic carbocycles. The molecule has 0 bridgehead atoms. The van der Waals surface area contributed by atoms with Gasteiger partial charge in [-0.05, 0) is 45.7 Å². The average Bonchev–Trinajstić information content (AvgIpc) is 2.69. The molecule has 0 fully saturated rings. The van der Waals surface area contributed by atoms with Gasteiger partial charge in [0.15, 0.2) is 0 Å². The highest BCUT2D eigenvalue weighted by Crippen LogP contribution is 2.23. The lowest BCUT2D eigenvalue weighted by Gasteiger charge is -2.34. The minimum absolute atomic E-state index is 0.175. The van der Waals surface area contributed by atoms with Gasteiger partial charge in [0.25, 0.3) is 0 Å². The van der Waals surface area contributed by atoms with Crippen molar-refractivity contribution in [2.75, 3.05) is 13.1 Å². The van der Waals surface area contributed by atoms with E-state index < -0.39 is 0 Å². The summed E-state index contributed by atoms with van der Waals surface area (Å²) in [7, 11) is 0. The topological polar surface area (TPSA) is 19.0 Å². The second-order valence-corrected chi connectivity index (χ2v) is 6.43. The van der Waals surface area contributed by atoms with Crippen molar-refractivity contribution < 1.29 is 0 Å². The fourth-order valence-corrected chi connectivity index (χ4v) is 2.76. The lowest BCUT2D eigenvalue weighted by atomic mass is 10.0. The van der Waals surface area contributed by atoms with Gasteiger partial charge in [-0.1, -0.05) is 24.3 Å². The summed E-state index contributed by atoms with van der Waals surface area (Å²) in [5, 5.41) is 1.36. The number of fused-ring (bicyclic) bond motifs is 1. The summed E-state index contributed by atoms with van der Waals surface area (Å²) in [6, 6.07) is 8.56. The van der Waals surface area contributed by atoms with Crippen LogP contribution < -0.4 is 0 Å². The van der Waals surface area contributed by atoms with Gasteiger partial charge in [0.05, 0.1) is 0 Å². The zero-order valence-electron chi connectivity index (χ0n) is 13.2. The van der Waals surface area contributed by atoms with Gasteiger partial charge in [-0.2, -0.15) is 0 Å². The van der Waals surface area contributed by atoms with Crippen LogP contribution in [0.3, 0.4) is 0 Å². The Balaban J connectivity index is 2.19. The van der Waals surface area contributed by atoms with Gasteiger partial charge in [-0.25, -0.2) is 0 Å². The van der Waals surface area contributed by atoms with Crippen LogP contribution in [0.15, 0.2) is 36.9 Å². The van der Waals surface area contributed by atoms with E-state index in [-0.39, 0.29) is 5.54 Å². The van der Waals surface area contributed by atoms with E-state index in [2.05, 4.69) is 68.4 Å². The number of nitrogens with one attached hydrogen (secondary N) is 1. The Kier molecular flexibility index (Phi) is 4.34. The highest BCUT2D eigenvalue weighted by atomic mass is 15.2. The summed E-state index contributed by atoms with van der Waals surface area (Å²) in [6.45, 7) is 14.8. The Bertz CT molecular complexity index is 587. The van der Waals surface area contributed by atoms with Crippen LogP contribution in [0.4, 0.5) is 0 Å². The zero-order valence-corrected chi connectivity index (χ0v) is 13.2. The summed E-state index contributed by atoms with van der Waals surface area (Å²) < 4.78 is 0. The predicted molar refractivity (Wildman–Crippen MR) is 88.3 cm³/mol. The highest BCUT2D eigenvalue weighted by Gasteiger charge is 2.20. The van der Waals surface area contributed by atoms with Crippen LogP contribution >= 0.6 is 0 Å². The number of para-hydroxylation sites is 1. The molecule has 20 heavy (non-hydrogen) atoms. The van der Waals surface area contributed by atoms with E-state index in [0.717, 1.165) is 19.5 Å². The van der Waals surface area contributed by atoms with Crippen LogP contribution in [-0.4, -0.2) is 28.5 Å². The van der Waals surface area contributed by atoms with E-state index in [1.54, 1.807) is 0 Å². The van der Waals surface area contributed by atoms with E-state index in [1.165, 1.54) is 22.2 Å². The van der Waals surface area contributed by atoms with Crippen molar-refractivity contribution in [2.45, 2.75) is 39.7 Å². The van der Waals surface area contributed by atoms with Crippen molar-refractivity contribution in [1.29, 1.82) is 0 Å². The average molecular weight is 270 g/mol. The van der Waals surface area contributed by atoms with E-state index in [4.69, 9.17) is 0 Å². The van der Waals surface area contributed by atoms with Gasteiger partial charge in [0.1, 0.15) is 0 Å². The monoisotopic (exact) mass is 270 g/mol. The molecule has 2 aromatic rings. The molecule has 0 atom stereocenters. The van der Waals surface area contributed by atoms with Crippen molar-refractivity contribution >= 4 is 10.9 Å². The maximum absolute atomic E-state index is 3.88. The van der Waals surface area contributed by atoms with Crippen molar-refractivity contribution in [3.8, 4) is 0 Å². The Hall–Kier alpha value is -1.54. The van der Waals surface area contributed by atoms with E-state index >= 15 is 0 Å². The summed E-state index contributed by atoms with van der Waals surface area (Å²) in [4.78, 5) is 5.96. The molecule has 108 valence electrons. The van der Waals surface area contributed by atoms with Crippen LogP contribution in [0.5, 0.6) is 0 Å². The molecule has 0 aliphatic rings. The second kappa shape index (κ2) is 5.84. The minimum Gasteiger partial charge on any atom is -0.358 e. The molecular formula is C18H26N2. The fraction of sp³-hybridized carbons (Fsp3) is 0.444. The summed E-state index contributed by atoms with van der Waals surface area (Å²) >= 11 is 0. The Morgan fingerprint density at radius 3 is 2.60 bits per heavy atom. The van der Waals surface area contributed by atoms with Crippen LogP contribution in [0.25, 0.3) is 10.9 Å². The molecule has 2 rings (SSSR count). The predicted octanol–water partition coefficient (Wildman–Crippen LogP) is 4.31. The number of benzene rings is 1. The molecule has 1 aromatic heterocycles. The number of hydrogen-bond acceptors (Lipinski definition) is 1. The number of aromatic nitrogens is 1. The number of H-pyrrole nitrogens is 1. The summed E-state index contributed by atoms with van der Waals surface area (Å²) in [6.07, 6.45) is 3.06. The molecule has 0 saturated carbocycles. The van der Waals surface area contributed by atoms with Crippen molar-refractivity contribution in [1.82, 2.24) is 9.88 Å². The maximum Gasteiger partial charge on any atom is 0.0458 e. The quantitative estimate of drug-likeness (QED) is 0.802. The molecule has 1 heterocycles. The Morgan fingerprint density at radius 1 is 1.25 bits per heavy atom. The molecule has 0 radical (unpaired) electrons. The van der Waals surface area contributed by atoms with Crippen LogP contribution in [0.1, 0.15) is 32.0 Å². The van der Waals surface area contributed by atoms with Crippen LogP contribution in [0.2, 0.25) is 0 Å². The van der Waals surface area contributed by atoms with Gasteiger partial charge < -0.3 is 4.98 Å². The third kappa shape index (κ3) is 3.13. The molecule has 0 aliphatic carbocycles. The Labute approximate surface area is 122 Å². The van der Waals surface area contributed by atoms with Gasteiger partial charge in [-0.15, -0.1) is 6.58 Å². The lowest BCUT2D eigenvalue weighted by molar-refractivity contribution is 0.156. The molecule has 2 heteroatoms. The van der Waals surface area contributed by atoms with Crippen molar-refractivity contribution in [3.05, 3.63) is 48.2 Å². The smallest absolute Gasteiger partial charge is 0.0458 e. The molecular weight excluding hydrogens is 244 g/mol. The van der Waals surface area contributed by atoms with Crippen molar-refractivity contribution in [2.24, 2.45) is 0 Å². The first-order valence-electron chi connectivity index (χ1n) is 7.35. The van der Waals surface area contributed by atoms with Gasteiger partial charge in [0, 0.05) is 35.2 Å². The summed E-state index contributed by atoms with van der Waals surface area (Å²) in [5.74, 6) is 0. The standard InChI is InChI=1S/C18H26N2/c1-6-12-20(18(3,4)5)13-11-15-14(2)19-17-10-8-7-9-16(15)17/h6-10,19H,1,11-13H2,2-5H3. The first-order valence-corrected chi connectivity index (χ1v) is 7.35. The number of hydrogen-bond donors (Lipinski definition) is 1.